The lowest BCUT2D eigenvalue weighted by Crippen LogP contribution is -2.03. The summed E-state index contributed by atoms with van der Waals surface area (Å²) in [5.74, 6) is 0. The molecule has 0 amide bonds. The molecule has 1 aromatic carbocycles. The highest BCUT2D eigenvalue weighted by molar-refractivity contribution is 7.05. The molecule has 1 heterocycles. The maximum absolute atomic E-state index is 10.4. The van der Waals surface area contributed by atoms with Gasteiger partial charge in [0, 0.05) is 6.42 Å². The fourth-order valence-corrected chi connectivity index (χ4v) is 3.63. The number of hydrogen-bond donors (Lipinski definition) is 1. The van der Waals surface area contributed by atoms with E-state index >= 15 is 0 Å². The molecule has 0 fully saturated rings. The predicted octanol–water partition coefficient (Wildman–Crippen LogP) is 3.26. The van der Waals surface area contributed by atoms with Gasteiger partial charge in [0.05, 0.1) is 16.7 Å². The summed E-state index contributed by atoms with van der Waals surface area (Å²) >= 11 is 1.33. The van der Waals surface area contributed by atoms with Crippen molar-refractivity contribution in [1.29, 1.82) is 0 Å². The number of fused-ring (bicyclic) bond motifs is 1. The molecule has 3 nitrogen and oxygen atoms in total. The van der Waals surface area contributed by atoms with E-state index in [9.17, 15) is 5.11 Å². The first-order valence-corrected chi connectivity index (χ1v) is 8.15. The molecule has 3 rings (SSSR count). The maximum Gasteiger partial charge on any atom is 0.0957 e. The number of rotatable bonds is 5. The molecule has 0 spiro atoms. The lowest BCUT2D eigenvalue weighted by molar-refractivity contribution is 0.181. The number of aryl methyl sites for hydroxylation is 3. The number of benzene rings is 1. The topological polar surface area (TPSA) is 46.0 Å². The minimum Gasteiger partial charge on any atom is -0.387 e. The van der Waals surface area contributed by atoms with E-state index in [1.54, 1.807) is 0 Å². The van der Waals surface area contributed by atoms with Crippen molar-refractivity contribution in [1.82, 2.24) is 9.59 Å². The lowest BCUT2D eigenvalue weighted by atomic mass is 10.0. The molecule has 0 saturated heterocycles. The molecule has 0 bridgehead atoms. The smallest absolute Gasteiger partial charge is 0.0957 e. The van der Waals surface area contributed by atoms with Crippen LogP contribution < -0.4 is 0 Å². The zero-order valence-electron chi connectivity index (χ0n) is 11.8. The second-order valence-electron chi connectivity index (χ2n) is 5.51. The minimum atomic E-state index is -0.476. The Kier molecular flexibility index (Phi) is 4.13. The van der Waals surface area contributed by atoms with Crippen LogP contribution >= 0.6 is 11.5 Å². The largest absolute Gasteiger partial charge is 0.387 e. The Morgan fingerprint density at radius 1 is 1.30 bits per heavy atom. The Morgan fingerprint density at radius 3 is 3.00 bits per heavy atom. The summed E-state index contributed by atoms with van der Waals surface area (Å²) in [7, 11) is 0. The van der Waals surface area contributed by atoms with E-state index in [2.05, 4.69) is 34.7 Å². The highest BCUT2D eigenvalue weighted by Gasteiger charge is 2.18. The van der Waals surface area contributed by atoms with Gasteiger partial charge in [-0.3, -0.25) is 0 Å². The molecule has 2 aromatic rings. The van der Waals surface area contributed by atoms with Crippen LogP contribution in [0.5, 0.6) is 0 Å². The van der Waals surface area contributed by atoms with Crippen LogP contribution in [0.4, 0.5) is 0 Å². The number of aliphatic hydroxyl groups excluding tert-OH is 1. The molecule has 1 aliphatic carbocycles. The monoisotopic (exact) mass is 288 g/mol. The average molecular weight is 288 g/mol. The zero-order valence-corrected chi connectivity index (χ0v) is 12.6. The third kappa shape index (κ3) is 2.76. The number of nitrogens with zero attached hydrogens (tertiary/aromatic N) is 2. The van der Waals surface area contributed by atoms with Crippen LogP contribution in [0.1, 0.15) is 53.1 Å². The van der Waals surface area contributed by atoms with E-state index < -0.39 is 6.10 Å². The summed E-state index contributed by atoms with van der Waals surface area (Å²) in [5, 5.41) is 14.6. The molecule has 1 unspecified atom stereocenters. The Morgan fingerprint density at radius 2 is 2.15 bits per heavy atom. The fourth-order valence-electron chi connectivity index (χ4n) is 2.95. The van der Waals surface area contributed by atoms with Gasteiger partial charge in [0.2, 0.25) is 0 Å². The van der Waals surface area contributed by atoms with Gasteiger partial charge in [-0.05, 0) is 53.9 Å². The molecule has 1 aromatic heterocycles. The van der Waals surface area contributed by atoms with Crippen molar-refractivity contribution in [2.24, 2.45) is 0 Å². The summed E-state index contributed by atoms with van der Waals surface area (Å²) in [6.07, 6.45) is 5.77. The molecule has 106 valence electrons. The van der Waals surface area contributed by atoms with Gasteiger partial charge in [0.25, 0.3) is 0 Å². The van der Waals surface area contributed by atoms with Crippen molar-refractivity contribution in [3.05, 3.63) is 45.5 Å². The molecule has 0 radical (unpaired) electrons. The molecule has 1 atom stereocenters. The Balaban J connectivity index is 1.75. The van der Waals surface area contributed by atoms with Crippen LogP contribution in [-0.4, -0.2) is 14.7 Å². The van der Waals surface area contributed by atoms with E-state index in [-0.39, 0.29) is 0 Å². The summed E-state index contributed by atoms with van der Waals surface area (Å²) in [6.45, 7) is 2.12. The van der Waals surface area contributed by atoms with Crippen molar-refractivity contribution < 1.29 is 5.11 Å². The molecule has 0 aliphatic heterocycles. The molecule has 0 saturated carbocycles. The first-order valence-electron chi connectivity index (χ1n) is 7.37. The number of aliphatic hydroxyl groups is 1. The van der Waals surface area contributed by atoms with Gasteiger partial charge in [0.15, 0.2) is 0 Å². The highest BCUT2D eigenvalue weighted by Crippen LogP contribution is 2.28. The van der Waals surface area contributed by atoms with Crippen molar-refractivity contribution in [2.75, 3.05) is 0 Å². The summed E-state index contributed by atoms with van der Waals surface area (Å²) in [4.78, 5) is 0.937. The standard InChI is InChI=1S/C16H20N2OS/c1-2-4-14-16(20-18-17-14)15(19)10-11-7-8-12-5-3-6-13(12)9-11/h7-9,15,19H,2-6,10H2,1H3. The zero-order chi connectivity index (χ0) is 13.9. The van der Waals surface area contributed by atoms with Crippen LogP contribution in [0.2, 0.25) is 0 Å². The van der Waals surface area contributed by atoms with Gasteiger partial charge in [-0.1, -0.05) is 36.0 Å². The van der Waals surface area contributed by atoms with Crippen LogP contribution in [0.3, 0.4) is 0 Å². The van der Waals surface area contributed by atoms with E-state index in [4.69, 9.17) is 0 Å². The van der Waals surface area contributed by atoms with Crippen molar-refractivity contribution >= 4 is 11.5 Å². The molecule has 1 N–H and O–H groups in total. The van der Waals surface area contributed by atoms with Crippen molar-refractivity contribution in [3.63, 3.8) is 0 Å². The Labute approximate surface area is 123 Å². The van der Waals surface area contributed by atoms with Gasteiger partial charge in [0.1, 0.15) is 0 Å². The second-order valence-corrected chi connectivity index (χ2v) is 6.30. The van der Waals surface area contributed by atoms with Crippen molar-refractivity contribution in [3.8, 4) is 0 Å². The maximum atomic E-state index is 10.4. The molecule has 4 heteroatoms. The van der Waals surface area contributed by atoms with Crippen LogP contribution in [0.15, 0.2) is 18.2 Å². The van der Waals surface area contributed by atoms with Crippen molar-refractivity contribution in [2.45, 2.75) is 51.6 Å². The van der Waals surface area contributed by atoms with E-state index in [1.165, 1.54) is 47.5 Å². The van der Waals surface area contributed by atoms with Crippen LogP contribution in [-0.2, 0) is 25.7 Å². The van der Waals surface area contributed by atoms with Gasteiger partial charge in [-0.25, -0.2) is 0 Å². The third-order valence-electron chi connectivity index (χ3n) is 3.97. The molecule has 1 aliphatic rings. The predicted molar refractivity (Wildman–Crippen MR) is 81.0 cm³/mol. The van der Waals surface area contributed by atoms with Gasteiger partial charge in [-0.2, -0.15) is 0 Å². The first kappa shape index (κ1) is 13.7. The quantitative estimate of drug-likeness (QED) is 0.918. The summed E-state index contributed by atoms with van der Waals surface area (Å²) in [6, 6.07) is 6.64. The summed E-state index contributed by atoms with van der Waals surface area (Å²) in [5.41, 5.74) is 5.13. The average Bonchev–Trinajstić information content (AvgIpc) is 3.07. The molecular weight excluding hydrogens is 268 g/mol. The van der Waals surface area contributed by atoms with Crippen LogP contribution in [0, 0.1) is 0 Å². The third-order valence-corrected chi connectivity index (χ3v) is 4.83. The normalized spacial score (nSPS) is 15.3. The van der Waals surface area contributed by atoms with Gasteiger partial charge in [-0.15, -0.1) is 5.10 Å². The van der Waals surface area contributed by atoms with E-state index in [0.29, 0.717) is 6.42 Å². The Bertz CT molecular complexity index is 594. The second kappa shape index (κ2) is 6.02. The number of aromatic nitrogens is 2. The summed E-state index contributed by atoms with van der Waals surface area (Å²) < 4.78 is 3.99. The molecular formula is C16H20N2OS. The van der Waals surface area contributed by atoms with Gasteiger partial charge < -0.3 is 5.11 Å². The first-order chi connectivity index (χ1) is 9.78. The minimum absolute atomic E-state index is 0.476. The van der Waals surface area contributed by atoms with E-state index in [1.807, 2.05) is 0 Å². The highest BCUT2D eigenvalue weighted by atomic mass is 32.1. The SMILES string of the molecule is CCCc1nnsc1C(O)Cc1ccc2c(c1)CCC2. The number of hydrogen-bond acceptors (Lipinski definition) is 4. The van der Waals surface area contributed by atoms with Gasteiger partial charge >= 0.3 is 0 Å². The Hall–Kier alpha value is -1.26. The lowest BCUT2D eigenvalue weighted by Gasteiger charge is -2.11. The fraction of sp³-hybridized carbons (Fsp3) is 0.500. The van der Waals surface area contributed by atoms with E-state index in [0.717, 1.165) is 23.4 Å². The van der Waals surface area contributed by atoms with Crippen LogP contribution in [0.25, 0.3) is 0 Å². The molecule has 20 heavy (non-hydrogen) atoms.